The van der Waals surface area contributed by atoms with Gasteiger partial charge in [-0.1, -0.05) is 44.2 Å². The average molecular weight is 494 g/mol. The maximum Gasteiger partial charge on any atom is 0.253 e. The first-order valence-electron chi connectivity index (χ1n) is 12.8. The normalized spacial score (nSPS) is 13.3. The summed E-state index contributed by atoms with van der Waals surface area (Å²) in [6, 6.07) is 15.8. The summed E-state index contributed by atoms with van der Waals surface area (Å²) in [5, 5.41) is 33.1. The highest BCUT2D eigenvalue weighted by atomic mass is 16.3. The van der Waals surface area contributed by atoms with Gasteiger partial charge in [-0.15, -0.1) is 0 Å². The van der Waals surface area contributed by atoms with Crippen molar-refractivity contribution in [1.29, 1.82) is 5.26 Å². The molecule has 3 atom stereocenters. The molecule has 36 heavy (non-hydrogen) atoms. The van der Waals surface area contributed by atoms with Gasteiger partial charge < -0.3 is 20.4 Å². The Morgan fingerprint density at radius 3 is 2.28 bits per heavy atom. The Morgan fingerprint density at radius 2 is 1.67 bits per heavy atom. The molecule has 0 aliphatic rings. The highest BCUT2D eigenvalue weighted by Gasteiger charge is 2.28. The molecule has 3 N–H and O–H groups in total. The number of benzene rings is 2. The first-order valence-corrected chi connectivity index (χ1v) is 12.8. The number of nitriles is 1. The summed E-state index contributed by atoms with van der Waals surface area (Å²) >= 11 is 0. The maximum atomic E-state index is 13.3. The second-order valence-corrected chi connectivity index (χ2v) is 9.26. The molecule has 7 nitrogen and oxygen atoms in total. The fraction of sp³-hybridized carbons (Fsp3) is 0.483. The van der Waals surface area contributed by atoms with E-state index in [0.717, 1.165) is 24.0 Å². The molecule has 194 valence electrons. The summed E-state index contributed by atoms with van der Waals surface area (Å²) in [6.07, 6.45) is 0.705. The summed E-state index contributed by atoms with van der Waals surface area (Å²) in [5.74, 6) is -0.528. The second kappa shape index (κ2) is 15.0. The molecule has 0 aliphatic heterocycles. The third-order valence-electron chi connectivity index (χ3n) is 6.07. The summed E-state index contributed by atoms with van der Waals surface area (Å²) in [4.78, 5) is 28.2. The molecule has 0 saturated carbocycles. The van der Waals surface area contributed by atoms with Crippen LogP contribution in [0.15, 0.2) is 48.5 Å². The van der Waals surface area contributed by atoms with Gasteiger partial charge in [-0.05, 0) is 68.4 Å². The third kappa shape index (κ3) is 8.78. The van der Waals surface area contributed by atoms with Crippen LogP contribution in [0.2, 0.25) is 0 Å². The molecule has 0 fully saturated rings. The molecule has 0 saturated heterocycles. The van der Waals surface area contributed by atoms with Crippen molar-refractivity contribution in [2.24, 2.45) is 0 Å². The Kier molecular flexibility index (Phi) is 12.1. The number of nitrogens with zero attached hydrogens (tertiary/aromatic N) is 2. The lowest BCUT2D eigenvalue weighted by Gasteiger charge is -2.28. The van der Waals surface area contributed by atoms with Crippen LogP contribution in [0.3, 0.4) is 0 Å². The minimum absolute atomic E-state index is 0.106. The molecule has 0 aromatic heterocycles. The SMILES string of the molecule is CCCN(CCC)C(=O)c1cc(C)cc(C(=O)NC(Cc2ccccc2)C(O)C(O)CCCC#N)c1. The number of aryl methyl sites for hydroxylation is 1. The lowest BCUT2D eigenvalue weighted by molar-refractivity contribution is -0.00788. The molecule has 2 rings (SSSR count). The number of rotatable bonds is 14. The van der Waals surface area contributed by atoms with Crippen molar-refractivity contribution in [3.05, 3.63) is 70.8 Å². The summed E-state index contributed by atoms with van der Waals surface area (Å²) < 4.78 is 0. The van der Waals surface area contributed by atoms with Gasteiger partial charge in [0.05, 0.1) is 18.2 Å². The molecular formula is C29H39N3O4. The smallest absolute Gasteiger partial charge is 0.253 e. The highest BCUT2D eigenvalue weighted by molar-refractivity contribution is 6.00. The maximum absolute atomic E-state index is 13.3. The topological polar surface area (TPSA) is 114 Å². The number of carbonyl (C=O) groups excluding carboxylic acids is 2. The van der Waals surface area contributed by atoms with Gasteiger partial charge in [-0.3, -0.25) is 9.59 Å². The Balaban J connectivity index is 2.27. The van der Waals surface area contributed by atoms with Crippen molar-refractivity contribution < 1.29 is 19.8 Å². The van der Waals surface area contributed by atoms with Crippen LogP contribution >= 0.6 is 0 Å². The number of unbranched alkanes of at least 4 members (excludes halogenated alkanes) is 1. The van der Waals surface area contributed by atoms with Crippen molar-refractivity contribution in [3.63, 3.8) is 0 Å². The Morgan fingerprint density at radius 1 is 1.03 bits per heavy atom. The van der Waals surface area contributed by atoms with Crippen LogP contribution in [-0.4, -0.2) is 58.3 Å². The molecule has 0 radical (unpaired) electrons. The van der Waals surface area contributed by atoms with Crippen LogP contribution in [-0.2, 0) is 6.42 Å². The first kappa shape index (κ1) is 29.0. The van der Waals surface area contributed by atoms with Crippen molar-refractivity contribution in [1.82, 2.24) is 10.2 Å². The van der Waals surface area contributed by atoms with Gasteiger partial charge in [0.15, 0.2) is 0 Å². The Hall–Kier alpha value is -3.21. The van der Waals surface area contributed by atoms with Gasteiger partial charge in [0.1, 0.15) is 6.10 Å². The van der Waals surface area contributed by atoms with Crippen LogP contribution in [0.1, 0.15) is 77.8 Å². The molecule has 2 aromatic rings. The molecule has 7 heteroatoms. The number of aliphatic hydroxyl groups excluding tert-OH is 2. The molecule has 0 bridgehead atoms. The molecular weight excluding hydrogens is 454 g/mol. The summed E-state index contributed by atoms with van der Waals surface area (Å²) in [5.41, 5.74) is 2.48. The van der Waals surface area contributed by atoms with Gasteiger partial charge in [0, 0.05) is 30.6 Å². The predicted molar refractivity (Wildman–Crippen MR) is 141 cm³/mol. The molecule has 0 heterocycles. The quantitative estimate of drug-likeness (QED) is 0.344. The second-order valence-electron chi connectivity index (χ2n) is 9.26. The van der Waals surface area contributed by atoms with Crippen molar-refractivity contribution in [2.75, 3.05) is 13.1 Å². The van der Waals surface area contributed by atoms with E-state index in [4.69, 9.17) is 5.26 Å². The average Bonchev–Trinajstić information content (AvgIpc) is 2.87. The largest absolute Gasteiger partial charge is 0.390 e. The number of aliphatic hydroxyl groups is 2. The van der Waals surface area contributed by atoms with E-state index in [1.165, 1.54) is 0 Å². The van der Waals surface area contributed by atoms with Crippen LogP contribution in [0.5, 0.6) is 0 Å². The van der Waals surface area contributed by atoms with Gasteiger partial charge in [0.2, 0.25) is 0 Å². The fourth-order valence-corrected chi connectivity index (χ4v) is 4.28. The summed E-state index contributed by atoms with van der Waals surface area (Å²) in [7, 11) is 0. The van der Waals surface area contributed by atoms with Crippen LogP contribution in [0.25, 0.3) is 0 Å². The molecule has 0 aliphatic carbocycles. The first-order chi connectivity index (χ1) is 17.3. The molecule has 0 spiro atoms. The minimum Gasteiger partial charge on any atom is -0.390 e. The Bertz CT molecular complexity index is 1010. The number of carbonyl (C=O) groups is 2. The summed E-state index contributed by atoms with van der Waals surface area (Å²) in [6.45, 7) is 7.19. The molecule has 2 aromatic carbocycles. The standard InChI is InChI=1S/C29H39N3O4/c1-4-15-32(16-5-2)29(36)24-18-21(3)17-23(20-24)28(35)31-25(19-22-11-7-6-8-12-22)27(34)26(33)13-9-10-14-30/h6-8,11-12,17-18,20,25-27,33-34H,4-5,9-10,13,15-16,19H2,1-3H3,(H,31,35). The van der Waals surface area contributed by atoms with Crippen LogP contribution < -0.4 is 5.32 Å². The minimum atomic E-state index is -1.22. The lowest BCUT2D eigenvalue weighted by atomic mass is 9.94. The van der Waals surface area contributed by atoms with Crippen molar-refractivity contribution in [3.8, 4) is 6.07 Å². The van der Waals surface area contributed by atoms with E-state index in [1.54, 1.807) is 23.1 Å². The monoisotopic (exact) mass is 493 g/mol. The zero-order chi connectivity index (χ0) is 26.5. The third-order valence-corrected chi connectivity index (χ3v) is 6.07. The van der Waals surface area contributed by atoms with E-state index < -0.39 is 24.2 Å². The van der Waals surface area contributed by atoms with E-state index in [1.807, 2.05) is 57.2 Å². The number of nitrogens with one attached hydrogen (secondary N) is 1. The molecule has 2 amide bonds. The van der Waals surface area contributed by atoms with Gasteiger partial charge >= 0.3 is 0 Å². The predicted octanol–water partition coefficient (Wildman–Crippen LogP) is 4.01. The van der Waals surface area contributed by atoms with Gasteiger partial charge in [-0.2, -0.15) is 5.26 Å². The van der Waals surface area contributed by atoms with Gasteiger partial charge in [-0.25, -0.2) is 0 Å². The van der Waals surface area contributed by atoms with E-state index in [2.05, 4.69) is 5.32 Å². The fourth-order valence-electron chi connectivity index (χ4n) is 4.28. The zero-order valence-corrected chi connectivity index (χ0v) is 21.6. The Labute approximate surface area is 214 Å². The van der Waals surface area contributed by atoms with Crippen LogP contribution in [0.4, 0.5) is 0 Å². The lowest BCUT2D eigenvalue weighted by Crippen LogP contribution is -2.49. The van der Waals surface area contributed by atoms with Crippen molar-refractivity contribution in [2.45, 2.75) is 77.5 Å². The number of hydrogen-bond donors (Lipinski definition) is 3. The highest BCUT2D eigenvalue weighted by Crippen LogP contribution is 2.17. The van der Waals surface area contributed by atoms with Gasteiger partial charge in [0.25, 0.3) is 11.8 Å². The number of hydrogen-bond acceptors (Lipinski definition) is 5. The van der Waals surface area contributed by atoms with Crippen molar-refractivity contribution >= 4 is 11.8 Å². The van der Waals surface area contributed by atoms with E-state index in [-0.39, 0.29) is 18.7 Å². The molecule has 3 unspecified atom stereocenters. The van der Waals surface area contributed by atoms with E-state index in [9.17, 15) is 19.8 Å². The van der Waals surface area contributed by atoms with E-state index in [0.29, 0.717) is 37.1 Å². The van der Waals surface area contributed by atoms with Crippen LogP contribution in [0, 0.1) is 18.3 Å². The van der Waals surface area contributed by atoms with E-state index >= 15 is 0 Å². The zero-order valence-electron chi connectivity index (χ0n) is 21.6. The number of amides is 2.